The lowest BCUT2D eigenvalue weighted by atomic mass is 9.88. The number of carbonyl (C=O) groups excluding carboxylic acids is 1. The van der Waals surface area contributed by atoms with Crippen LogP contribution in [0.5, 0.6) is 5.75 Å². The maximum Gasteiger partial charge on any atom is 0.250 e. The number of aromatic nitrogens is 2. The predicted octanol–water partition coefficient (Wildman–Crippen LogP) is 3.33. The second-order valence-corrected chi connectivity index (χ2v) is 6.19. The quantitative estimate of drug-likeness (QED) is 0.628. The van der Waals surface area contributed by atoms with Gasteiger partial charge in [0, 0.05) is 43.4 Å². The number of pyridine rings is 2. The Morgan fingerprint density at radius 2 is 1.93 bits per heavy atom. The van der Waals surface area contributed by atoms with E-state index in [-0.39, 0.29) is 23.5 Å². The van der Waals surface area contributed by atoms with Gasteiger partial charge in [0.15, 0.2) is 5.78 Å². The zero-order valence-electron chi connectivity index (χ0n) is 15.1. The van der Waals surface area contributed by atoms with Crippen molar-refractivity contribution < 1.29 is 13.9 Å². The van der Waals surface area contributed by atoms with E-state index in [9.17, 15) is 14.0 Å². The van der Waals surface area contributed by atoms with E-state index >= 15 is 0 Å². The Morgan fingerprint density at radius 1 is 1.19 bits per heavy atom. The van der Waals surface area contributed by atoms with Gasteiger partial charge in [0.25, 0.3) is 0 Å². The lowest BCUT2D eigenvalue weighted by Gasteiger charge is -2.17. The average Bonchev–Trinajstić information content (AvgIpc) is 2.69. The lowest BCUT2D eigenvalue weighted by Crippen LogP contribution is -2.18. The van der Waals surface area contributed by atoms with Gasteiger partial charge in [-0.2, -0.15) is 0 Å². The molecule has 0 bridgehead atoms. The molecule has 0 N–H and O–H groups in total. The summed E-state index contributed by atoms with van der Waals surface area (Å²) in [6.07, 6.45) is 3.02. The molecule has 2 aromatic heterocycles. The van der Waals surface area contributed by atoms with Gasteiger partial charge in [-0.25, -0.2) is 4.39 Å². The molecule has 6 heteroatoms. The zero-order chi connectivity index (χ0) is 19.4. The van der Waals surface area contributed by atoms with Crippen LogP contribution in [0.15, 0.2) is 65.7 Å². The van der Waals surface area contributed by atoms with E-state index in [0.29, 0.717) is 11.3 Å². The number of benzene rings is 1. The molecule has 0 saturated carbocycles. The number of ether oxygens (including phenoxy) is 1. The number of nitrogens with zero attached hydrogens (tertiary/aromatic N) is 2. The van der Waals surface area contributed by atoms with Crippen LogP contribution in [0.3, 0.4) is 0 Å². The Labute approximate surface area is 156 Å². The summed E-state index contributed by atoms with van der Waals surface area (Å²) in [5.74, 6) is -0.548. The van der Waals surface area contributed by atoms with E-state index in [4.69, 9.17) is 4.74 Å². The summed E-state index contributed by atoms with van der Waals surface area (Å²) in [6, 6.07) is 12.8. The first-order chi connectivity index (χ1) is 13.0. The third-order valence-corrected chi connectivity index (χ3v) is 4.43. The smallest absolute Gasteiger partial charge is 0.250 e. The number of Topliss-reactive ketones (excluding diaryl/α,β-unsaturated/α-hetero) is 1. The maximum absolute atomic E-state index is 14.4. The van der Waals surface area contributed by atoms with Gasteiger partial charge in [0.1, 0.15) is 11.6 Å². The minimum Gasteiger partial charge on any atom is -0.497 e. The SMILES string of the molecule is COc1ccc([C@H](CC(=O)c2ccc(=O)n(C)c2)c2ncccc2F)cc1. The first-order valence-corrected chi connectivity index (χ1v) is 8.44. The number of hydrogen-bond donors (Lipinski definition) is 0. The van der Waals surface area contributed by atoms with E-state index in [2.05, 4.69) is 4.98 Å². The molecule has 0 saturated heterocycles. The molecule has 0 radical (unpaired) electrons. The van der Waals surface area contributed by atoms with E-state index in [1.165, 1.54) is 41.2 Å². The van der Waals surface area contributed by atoms with Crippen molar-refractivity contribution in [1.82, 2.24) is 9.55 Å². The standard InChI is InChI=1S/C21H19FN2O3/c1-24-13-15(7-10-20(24)26)19(25)12-17(21-18(22)4-3-11-23-21)14-5-8-16(27-2)9-6-14/h3-11,13,17H,12H2,1-2H3/t17-/m0/s1. The second kappa shape index (κ2) is 7.95. The Morgan fingerprint density at radius 3 is 2.56 bits per heavy atom. The summed E-state index contributed by atoms with van der Waals surface area (Å²) >= 11 is 0. The number of halogens is 1. The number of ketones is 1. The third-order valence-electron chi connectivity index (χ3n) is 4.43. The minimum atomic E-state index is -0.554. The fourth-order valence-electron chi connectivity index (χ4n) is 2.93. The molecule has 1 aromatic carbocycles. The predicted molar refractivity (Wildman–Crippen MR) is 99.7 cm³/mol. The first-order valence-electron chi connectivity index (χ1n) is 8.44. The Hall–Kier alpha value is -3.28. The van der Waals surface area contributed by atoms with Crippen molar-refractivity contribution in [2.75, 3.05) is 7.11 Å². The van der Waals surface area contributed by atoms with Gasteiger partial charge in [-0.05, 0) is 35.9 Å². The van der Waals surface area contributed by atoms with Crippen LogP contribution in [0.1, 0.15) is 34.0 Å². The van der Waals surface area contributed by atoms with Crippen LogP contribution < -0.4 is 10.3 Å². The summed E-state index contributed by atoms with van der Waals surface area (Å²) in [6.45, 7) is 0. The van der Waals surface area contributed by atoms with Crippen molar-refractivity contribution in [3.8, 4) is 5.75 Å². The topological polar surface area (TPSA) is 61.2 Å². The fraction of sp³-hybridized carbons (Fsp3) is 0.190. The van der Waals surface area contributed by atoms with Gasteiger partial charge < -0.3 is 9.30 Å². The molecule has 0 aliphatic heterocycles. The molecule has 0 unspecified atom stereocenters. The molecule has 1 atom stereocenters. The highest BCUT2D eigenvalue weighted by Crippen LogP contribution is 2.30. The molecular weight excluding hydrogens is 347 g/mol. The van der Waals surface area contributed by atoms with Gasteiger partial charge in [-0.1, -0.05) is 12.1 Å². The van der Waals surface area contributed by atoms with Crippen LogP contribution in [-0.2, 0) is 7.05 Å². The largest absolute Gasteiger partial charge is 0.497 e. The molecule has 3 rings (SSSR count). The summed E-state index contributed by atoms with van der Waals surface area (Å²) in [5.41, 5.74) is 1.16. The highest BCUT2D eigenvalue weighted by molar-refractivity contribution is 5.96. The molecule has 0 aliphatic rings. The van der Waals surface area contributed by atoms with Crippen molar-refractivity contribution in [2.24, 2.45) is 7.05 Å². The first kappa shape index (κ1) is 18.5. The normalized spacial score (nSPS) is 11.8. The monoisotopic (exact) mass is 366 g/mol. The van der Waals surface area contributed by atoms with E-state index in [1.807, 2.05) is 0 Å². The highest BCUT2D eigenvalue weighted by atomic mass is 19.1. The van der Waals surface area contributed by atoms with Crippen LogP contribution in [0.4, 0.5) is 4.39 Å². The lowest BCUT2D eigenvalue weighted by molar-refractivity contribution is 0.0976. The Kier molecular flexibility index (Phi) is 5.45. The van der Waals surface area contributed by atoms with E-state index in [0.717, 1.165) is 5.56 Å². The molecule has 0 aliphatic carbocycles. The second-order valence-electron chi connectivity index (χ2n) is 6.19. The number of hydrogen-bond acceptors (Lipinski definition) is 4. The van der Waals surface area contributed by atoms with Crippen LogP contribution >= 0.6 is 0 Å². The molecule has 0 fully saturated rings. The third kappa shape index (κ3) is 4.11. The molecule has 0 spiro atoms. The molecule has 27 heavy (non-hydrogen) atoms. The molecule has 5 nitrogen and oxygen atoms in total. The summed E-state index contributed by atoms with van der Waals surface area (Å²) in [5, 5.41) is 0. The molecular formula is C21H19FN2O3. The molecule has 138 valence electrons. The molecule has 2 heterocycles. The van der Waals surface area contributed by atoms with Crippen molar-refractivity contribution in [1.29, 1.82) is 0 Å². The van der Waals surface area contributed by atoms with Gasteiger partial charge >= 0.3 is 0 Å². The van der Waals surface area contributed by atoms with Crippen molar-refractivity contribution in [2.45, 2.75) is 12.3 Å². The summed E-state index contributed by atoms with van der Waals surface area (Å²) < 4.78 is 20.9. The average molecular weight is 366 g/mol. The number of carbonyl (C=O) groups is 1. The van der Waals surface area contributed by atoms with E-state index in [1.54, 1.807) is 38.4 Å². The van der Waals surface area contributed by atoms with Gasteiger partial charge in [0.2, 0.25) is 5.56 Å². The Bertz CT molecular complexity index is 1010. The zero-order valence-corrected chi connectivity index (χ0v) is 15.1. The number of methoxy groups -OCH3 is 1. The van der Waals surface area contributed by atoms with Crippen LogP contribution in [0.2, 0.25) is 0 Å². The van der Waals surface area contributed by atoms with Gasteiger partial charge in [0.05, 0.1) is 12.8 Å². The van der Waals surface area contributed by atoms with Crippen molar-refractivity contribution in [3.05, 3.63) is 93.9 Å². The highest BCUT2D eigenvalue weighted by Gasteiger charge is 2.23. The van der Waals surface area contributed by atoms with Crippen molar-refractivity contribution >= 4 is 5.78 Å². The van der Waals surface area contributed by atoms with Gasteiger partial charge in [-0.15, -0.1) is 0 Å². The van der Waals surface area contributed by atoms with Crippen LogP contribution in [0, 0.1) is 5.82 Å². The fourth-order valence-corrected chi connectivity index (χ4v) is 2.93. The molecule has 3 aromatic rings. The minimum absolute atomic E-state index is 0.0263. The van der Waals surface area contributed by atoms with Gasteiger partial charge in [-0.3, -0.25) is 14.6 Å². The summed E-state index contributed by atoms with van der Waals surface area (Å²) in [4.78, 5) is 28.5. The van der Waals surface area contributed by atoms with E-state index < -0.39 is 11.7 Å². The maximum atomic E-state index is 14.4. The Balaban J connectivity index is 1.98. The number of aryl methyl sites for hydroxylation is 1. The van der Waals surface area contributed by atoms with Crippen molar-refractivity contribution in [3.63, 3.8) is 0 Å². The van der Waals surface area contributed by atoms with Crippen LogP contribution in [-0.4, -0.2) is 22.4 Å². The number of rotatable bonds is 6. The van der Waals surface area contributed by atoms with Crippen LogP contribution in [0.25, 0.3) is 0 Å². The summed E-state index contributed by atoms with van der Waals surface area (Å²) in [7, 11) is 3.15. The molecule has 0 amide bonds.